The van der Waals surface area contributed by atoms with Crippen LogP contribution in [0.25, 0.3) is 0 Å². The van der Waals surface area contributed by atoms with Crippen molar-refractivity contribution in [3.8, 4) is 0 Å². The standard InChI is InChI=1S/C11H12BrFN2O2/c12-9-2-1-7(13)5-10(9)15-11(16)14-8-3-4-17-6-8/h1-2,5,8H,3-4,6H2,(H2,14,15,16). The molecule has 17 heavy (non-hydrogen) atoms. The van der Waals surface area contributed by atoms with Crippen LogP contribution in [0.5, 0.6) is 0 Å². The Hall–Kier alpha value is -1.14. The number of carbonyl (C=O) groups excluding carboxylic acids is 1. The molecule has 1 aromatic rings. The van der Waals surface area contributed by atoms with E-state index in [2.05, 4.69) is 26.6 Å². The number of amides is 2. The molecule has 2 amide bonds. The summed E-state index contributed by atoms with van der Waals surface area (Å²) in [5.41, 5.74) is 0.404. The minimum Gasteiger partial charge on any atom is -0.379 e. The highest BCUT2D eigenvalue weighted by atomic mass is 79.9. The lowest BCUT2D eigenvalue weighted by atomic mass is 10.3. The largest absolute Gasteiger partial charge is 0.379 e. The van der Waals surface area contributed by atoms with Crippen molar-refractivity contribution in [1.82, 2.24) is 5.32 Å². The highest BCUT2D eigenvalue weighted by Crippen LogP contribution is 2.22. The molecular formula is C11H12BrFN2O2. The summed E-state index contributed by atoms with van der Waals surface area (Å²) in [6.07, 6.45) is 0.803. The van der Waals surface area contributed by atoms with Crippen LogP contribution in [0.4, 0.5) is 14.9 Å². The molecule has 2 N–H and O–H groups in total. The quantitative estimate of drug-likeness (QED) is 0.882. The number of nitrogens with one attached hydrogen (secondary N) is 2. The number of ether oxygens (including phenoxy) is 1. The van der Waals surface area contributed by atoms with Gasteiger partial charge in [0, 0.05) is 11.1 Å². The zero-order chi connectivity index (χ0) is 12.3. The highest BCUT2D eigenvalue weighted by molar-refractivity contribution is 9.10. The summed E-state index contributed by atoms with van der Waals surface area (Å²) in [5.74, 6) is -0.396. The van der Waals surface area contributed by atoms with Crippen molar-refractivity contribution in [1.29, 1.82) is 0 Å². The Morgan fingerprint density at radius 3 is 3.06 bits per heavy atom. The van der Waals surface area contributed by atoms with E-state index in [0.29, 0.717) is 23.4 Å². The van der Waals surface area contributed by atoms with Crippen molar-refractivity contribution in [2.24, 2.45) is 0 Å². The predicted octanol–water partition coefficient (Wildman–Crippen LogP) is 2.50. The first-order chi connectivity index (χ1) is 8.15. The van der Waals surface area contributed by atoms with Gasteiger partial charge in [-0.2, -0.15) is 0 Å². The van der Waals surface area contributed by atoms with E-state index < -0.39 is 5.82 Å². The van der Waals surface area contributed by atoms with Crippen molar-refractivity contribution in [2.75, 3.05) is 18.5 Å². The molecule has 1 aliphatic rings. The Kier molecular flexibility index (Phi) is 3.96. The van der Waals surface area contributed by atoms with Crippen LogP contribution < -0.4 is 10.6 Å². The lowest BCUT2D eigenvalue weighted by molar-refractivity contribution is 0.189. The van der Waals surface area contributed by atoms with Crippen LogP contribution in [0.3, 0.4) is 0 Å². The molecule has 0 spiro atoms. The number of urea groups is 1. The Bertz CT molecular complexity index is 422. The Morgan fingerprint density at radius 1 is 1.53 bits per heavy atom. The van der Waals surface area contributed by atoms with Crippen LogP contribution in [0.15, 0.2) is 22.7 Å². The van der Waals surface area contributed by atoms with Crippen molar-refractivity contribution >= 4 is 27.6 Å². The van der Waals surface area contributed by atoms with Gasteiger partial charge < -0.3 is 15.4 Å². The van der Waals surface area contributed by atoms with E-state index in [1.807, 2.05) is 0 Å². The van der Waals surface area contributed by atoms with Gasteiger partial charge in [0.15, 0.2) is 0 Å². The SMILES string of the molecule is O=C(Nc1cc(F)ccc1Br)NC1CCOC1. The number of hydrogen-bond donors (Lipinski definition) is 2. The van der Waals surface area contributed by atoms with Crippen molar-refractivity contribution in [3.63, 3.8) is 0 Å². The van der Waals surface area contributed by atoms with Gasteiger partial charge in [0.25, 0.3) is 0 Å². The van der Waals surface area contributed by atoms with Gasteiger partial charge in [-0.25, -0.2) is 9.18 Å². The number of carbonyl (C=O) groups is 1. The number of rotatable bonds is 2. The summed E-state index contributed by atoms with van der Waals surface area (Å²) in [5, 5.41) is 5.34. The summed E-state index contributed by atoms with van der Waals surface area (Å²) in [6, 6.07) is 3.80. The van der Waals surface area contributed by atoms with Gasteiger partial charge in [-0.3, -0.25) is 0 Å². The fourth-order valence-corrected chi connectivity index (χ4v) is 1.93. The van der Waals surface area contributed by atoms with Crippen LogP contribution in [-0.2, 0) is 4.74 Å². The molecule has 92 valence electrons. The van der Waals surface area contributed by atoms with Gasteiger partial charge >= 0.3 is 6.03 Å². The molecule has 0 bridgehead atoms. The Morgan fingerprint density at radius 2 is 2.35 bits per heavy atom. The maximum atomic E-state index is 13.0. The minimum absolute atomic E-state index is 0.0299. The monoisotopic (exact) mass is 302 g/mol. The first kappa shape index (κ1) is 12.3. The normalized spacial score (nSPS) is 19.1. The van der Waals surface area contributed by atoms with Crippen LogP contribution in [0.1, 0.15) is 6.42 Å². The van der Waals surface area contributed by atoms with Crippen LogP contribution in [-0.4, -0.2) is 25.3 Å². The average Bonchev–Trinajstić information content (AvgIpc) is 2.76. The van der Waals surface area contributed by atoms with Crippen molar-refractivity contribution in [2.45, 2.75) is 12.5 Å². The van der Waals surface area contributed by atoms with E-state index in [-0.39, 0.29) is 12.1 Å². The van der Waals surface area contributed by atoms with E-state index in [1.54, 1.807) is 6.07 Å². The fraction of sp³-hybridized carbons (Fsp3) is 0.364. The number of halogens is 2. The number of benzene rings is 1. The van der Waals surface area contributed by atoms with Gasteiger partial charge in [-0.1, -0.05) is 0 Å². The molecule has 0 radical (unpaired) electrons. The minimum atomic E-state index is -0.396. The van der Waals surface area contributed by atoms with Gasteiger partial charge in [-0.15, -0.1) is 0 Å². The van der Waals surface area contributed by atoms with Gasteiger partial charge in [0.05, 0.1) is 18.3 Å². The fourth-order valence-electron chi connectivity index (χ4n) is 1.59. The first-order valence-electron chi connectivity index (χ1n) is 5.25. The molecule has 1 unspecified atom stereocenters. The summed E-state index contributed by atoms with van der Waals surface area (Å²) in [6.45, 7) is 1.19. The topological polar surface area (TPSA) is 50.4 Å². The maximum absolute atomic E-state index is 13.0. The van der Waals surface area contributed by atoms with Crippen molar-refractivity contribution in [3.05, 3.63) is 28.5 Å². The van der Waals surface area contributed by atoms with E-state index in [9.17, 15) is 9.18 Å². The Labute approximate surface area is 107 Å². The van der Waals surface area contributed by atoms with Crippen molar-refractivity contribution < 1.29 is 13.9 Å². The lowest BCUT2D eigenvalue weighted by Crippen LogP contribution is -2.38. The molecule has 0 aromatic heterocycles. The number of anilines is 1. The van der Waals surface area contributed by atoms with Crippen LogP contribution in [0.2, 0.25) is 0 Å². The molecule has 1 fully saturated rings. The van der Waals surface area contributed by atoms with Gasteiger partial charge in [0.1, 0.15) is 5.82 Å². The summed E-state index contributed by atoms with van der Waals surface area (Å²) in [7, 11) is 0. The van der Waals surface area contributed by atoms with Gasteiger partial charge in [0.2, 0.25) is 0 Å². The molecule has 0 aliphatic carbocycles. The second-order valence-electron chi connectivity index (χ2n) is 3.78. The third-order valence-electron chi connectivity index (χ3n) is 2.44. The van der Waals surface area contributed by atoms with E-state index in [1.165, 1.54) is 12.1 Å². The van der Waals surface area contributed by atoms with Crippen LogP contribution >= 0.6 is 15.9 Å². The second kappa shape index (κ2) is 5.46. The number of hydrogen-bond acceptors (Lipinski definition) is 2. The second-order valence-corrected chi connectivity index (χ2v) is 4.64. The highest BCUT2D eigenvalue weighted by Gasteiger charge is 2.18. The third-order valence-corrected chi connectivity index (χ3v) is 3.13. The molecule has 1 atom stereocenters. The van der Waals surface area contributed by atoms with E-state index in [4.69, 9.17) is 4.74 Å². The molecule has 6 heteroatoms. The molecule has 4 nitrogen and oxygen atoms in total. The van der Waals surface area contributed by atoms with E-state index >= 15 is 0 Å². The zero-order valence-corrected chi connectivity index (χ0v) is 10.6. The first-order valence-corrected chi connectivity index (χ1v) is 6.05. The summed E-state index contributed by atoms with van der Waals surface area (Å²) < 4.78 is 18.8. The van der Waals surface area contributed by atoms with Gasteiger partial charge in [-0.05, 0) is 40.5 Å². The molecular weight excluding hydrogens is 291 g/mol. The zero-order valence-electron chi connectivity index (χ0n) is 9.00. The molecule has 0 saturated carbocycles. The van der Waals surface area contributed by atoms with E-state index in [0.717, 1.165) is 6.42 Å². The Balaban J connectivity index is 1.95. The smallest absolute Gasteiger partial charge is 0.319 e. The predicted molar refractivity (Wildman–Crippen MR) is 65.5 cm³/mol. The summed E-state index contributed by atoms with van der Waals surface area (Å²) >= 11 is 3.24. The summed E-state index contributed by atoms with van der Waals surface area (Å²) in [4.78, 5) is 11.6. The lowest BCUT2D eigenvalue weighted by Gasteiger charge is -2.12. The molecule has 1 aromatic carbocycles. The maximum Gasteiger partial charge on any atom is 0.319 e. The molecule has 1 aliphatic heterocycles. The third kappa shape index (κ3) is 3.41. The molecule has 1 heterocycles. The molecule has 1 saturated heterocycles. The average molecular weight is 303 g/mol. The van der Waals surface area contributed by atoms with Crippen LogP contribution in [0, 0.1) is 5.82 Å². The molecule has 2 rings (SSSR count).